The molecular formula is C27H44N2O13PS-. The average molecular weight is 668 g/mol. The predicted molar refractivity (Wildman–Crippen MR) is 156 cm³/mol. The minimum absolute atomic E-state index is 0.0119. The number of ether oxygens (including phenoxy) is 5. The van der Waals surface area contributed by atoms with Gasteiger partial charge in [0.25, 0.3) is 19.6 Å². The third-order valence-corrected chi connectivity index (χ3v) is 8.24. The molecule has 0 aromatic rings. The molecule has 1 saturated heterocycles. The van der Waals surface area contributed by atoms with Crippen molar-refractivity contribution in [3.8, 4) is 0 Å². The normalized spacial score (nSPS) is 18.7. The number of phosphoric acid groups is 1. The molecule has 2 atom stereocenters. The van der Waals surface area contributed by atoms with E-state index >= 15 is 0 Å². The number of phosphoric ester groups is 1. The number of rotatable bonds is 25. The lowest BCUT2D eigenvalue weighted by Crippen LogP contribution is -2.41. The monoisotopic (exact) mass is 667 g/mol. The number of carbonyl (C=O) groups is 4. The molecule has 0 saturated carbocycles. The van der Waals surface area contributed by atoms with Gasteiger partial charge in [-0.15, -0.1) is 11.8 Å². The minimum Gasteiger partial charge on any atom is -0.756 e. The average Bonchev–Trinajstić information content (AvgIpc) is 3.41. The zero-order valence-corrected chi connectivity index (χ0v) is 27.3. The Morgan fingerprint density at radius 1 is 0.750 bits per heavy atom. The van der Waals surface area contributed by atoms with Crippen molar-refractivity contribution in [2.75, 3.05) is 91.7 Å². The highest BCUT2D eigenvalue weighted by molar-refractivity contribution is 8.00. The molecule has 44 heavy (non-hydrogen) atoms. The molecule has 0 aromatic carbocycles. The number of hydrogen-bond donors (Lipinski definition) is 0. The molecule has 0 bridgehead atoms. The van der Waals surface area contributed by atoms with Crippen molar-refractivity contribution < 1.29 is 61.4 Å². The fourth-order valence-electron chi connectivity index (χ4n) is 3.65. The molecule has 0 aliphatic carbocycles. The second-order valence-electron chi connectivity index (χ2n) is 10.8. The minimum atomic E-state index is -4.65. The highest BCUT2D eigenvalue weighted by atomic mass is 32.2. The fourth-order valence-corrected chi connectivity index (χ4v) is 5.48. The second kappa shape index (κ2) is 20.4. The van der Waals surface area contributed by atoms with Crippen LogP contribution in [-0.2, 0) is 56.5 Å². The summed E-state index contributed by atoms with van der Waals surface area (Å²) in [6.07, 6.45) is 3.07. The van der Waals surface area contributed by atoms with Crippen LogP contribution in [-0.4, -0.2) is 130 Å². The molecule has 0 radical (unpaired) electrons. The van der Waals surface area contributed by atoms with Gasteiger partial charge in [-0.3, -0.25) is 33.5 Å². The molecule has 17 heteroatoms. The zero-order valence-electron chi connectivity index (χ0n) is 25.6. The number of likely N-dealkylation sites (tertiary alicyclic amines) is 1. The Bertz CT molecular complexity index is 989. The number of imide groups is 2. The van der Waals surface area contributed by atoms with Gasteiger partial charge in [0.15, 0.2) is 0 Å². The summed E-state index contributed by atoms with van der Waals surface area (Å²) in [6.45, 7) is 10.0. The number of nitrogens with zero attached hydrogens (tertiary/aromatic N) is 2. The number of thioether (sulfide) groups is 1. The summed E-state index contributed by atoms with van der Waals surface area (Å²) >= 11 is 0.835. The first-order valence-corrected chi connectivity index (χ1v) is 16.9. The molecule has 252 valence electrons. The first kappa shape index (κ1) is 38.5. The van der Waals surface area contributed by atoms with E-state index in [1.807, 2.05) is 0 Å². The van der Waals surface area contributed by atoms with Crippen LogP contribution in [0.4, 0.5) is 0 Å². The van der Waals surface area contributed by atoms with Gasteiger partial charge in [-0.1, -0.05) is 20.8 Å². The molecule has 0 N–H and O–H groups in total. The Morgan fingerprint density at radius 2 is 1.20 bits per heavy atom. The van der Waals surface area contributed by atoms with E-state index in [4.69, 9.17) is 32.7 Å². The quantitative estimate of drug-likeness (QED) is 0.0576. The van der Waals surface area contributed by atoms with Crippen molar-refractivity contribution in [2.24, 2.45) is 5.41 Å². The summed E-state index contributed by atoms with van der Waals surface area (Å²) in [5.41, 5.74) is 0.261. The van der Waals surface area contributed by atoms with E-state index < -0.39 is 42.6 Å². The van der Waals surface area contributed by atoms with Crippen molar-refractivity contribution in [1.29, 1.82) is 0 Å². The highest BCUT2D eigenvalue weighted by Gasteiger charge is 2.39. The number of carbonyl (C=O) groups excluding carboxylic acids is 4. The van der Waals surface area contributed by atoms with E-state index in [0.717, 1.165) is 46.7 Å². The van der Waals surface area contributed by atoms with Gasteiger partial charge in [0.05, 0.1) is 71.3 Å². The topological polar surface area (TPSA) is 180 Å². The van der Waals surface area contributed by atoms with Crippen LogP contribution in [0.15, 0.2) is 12.2 Å². The van der Waals surface area contributed by atoms with Crippen LogP contribution in [0.1, 0.15) is 33.6 Å². The van der Waals surface area contributed by atoms with Gasteiger partial charge in [0.1, 0.15) is 5.94 Å². The Labute approximate surface area is 262 Å². The smallest absolute Gasteiger partial charge is 0.268 e. The first-order valence-electron chi connectivity index (χ1n) is 14.4. The van der Waals surface area contributed by atoms with Crippen LogP contribution < -0.4 is 4.89 Å². The second-order valence-corrected chi connectivity index (χ2v) is 13.4. The van der Waals surface area contributed by atoms with E-state index in [2.05, 4.69) is 20.8 Å². The molecule has 2 aliphatic heterocycles. The van der Waals surface area contributed by atoms with Gasteiger partial charge in [0, 0.05) is 38.3 Å². The fraction of sp³-hybridized carbons (Fsp3) is 0.778. The van der Waals surface area contributed by atoms with Gasteiger partial charge in [0.2, 0.25) is 11.8 Å². The van der Waals surface area contributed by atoms with Crippen LogP contribution in [0.3, 0.4) is 0 Å². The largest absolute Gasteiger partial charge is 0.756 e. The summed E-state index contributed by atoms with van der Waals surface area (Å²) < 4.78 is 48.4. The molecule has 2 unspecified atom stereocenters. The lowest BCUT2D eigenvalue weighted by molar-refractivity contribution is -0.224. The summed E-state index contributed by atoms with van der Waals surface area (Å²) in [5, 5.41) is -0.846. The van der Waals surface area contributed by atoms with Crippen molar-refractivity contribution in [3.05, 3.63) is 12.2 Å². The van der Waals surface area contributed by atoms with E-state index in [-0.39, 0.29) is 44.7 Å². The molecule has 1 fully saturated rings. The third-order valence-electron chi connectivity index (χ3n) is 6.09. The Kier molecular flexibility index (Phi) is 17.8. The summed E-state index contributed by atoms with van der Waals surface area (Å²) in [5.74, 6) is -2.48. The van der Waals surface area contributed by atoms with Gasteiger partial charge >= 0.3 is 0 Å². The van der Waals surface area contributed by atoms with Gasteiger partial charge < -0.3 is 37.6 Å². The molecule has 0 spiro atoms. The van der Waals surface area contributed by atoms with E-state index in [0.29, 0.717) is 46.2 Å². The van der Waals surface area contributed by atoms with Gasteiger partial charge in [-0.2, -0.15) is 0 Å². The first-order chi connectivity index (χ1) is 20.9. The Morgan fingerprint density at radius 3 is 1.70 bits per heavy atom. The maximum absolute atomic E-state index is 12.5. The standard InChI is InChI=1S/C27H45N2O13PS/c1-27(2,3)6-9-36-10-11-37-12-13-38-14-15-39-16-17-40-18-19-41-43(34,35)42-21-44-22-20-25(32)29(26(22)33)8-7-28-23(30)4-5-24(28)31/h4-5,22H,6-21H2,1-3H3,(H,34,35)/p-1. The number of amides is 4. The maximum atomic E-state index is 12.5. The molecule has 0 aromatic heterocycles. The summed E-state index contributed by atoms with van der Waals surface area (Å²) in [4.78, 5) is 61.8. The molecule has 2 heterocycles. The molecular weight excluding hydrogens is 623 g/mol. The highest BCUT2D eigenvalue weighted by Crippen LogP contribution is 2.40. The zero-order chi connectivity index (χ0) is 32.4. The SMILES string of the molecule is CC(C)(C)CCOCCOCCOCCOCCOCCOP(=O)([O-])OCSC1CC(=O)N(CCN2C(=O)C=CC2=O)C1=O. The van der Waals surface area contributed by atoms with E-state index in [1.54, 1.807) is 0 Å². The molecule has 2 aliphatic rings. The third kappa shape index (κ3) is 16.0. The van der Waals surface area contributed by atoms with Crippen LogP contribution in [0.5, 0.6) is 0 Å². The van der Waals surface area contributed by atoms with Crippen molar-refractivity contribution in [2.45, 2.75) is 38.9 Å². The van der Waals surface area contributed by atoms with E-state index in [9.17, 15) is 28.6 Å². The van der Waals surface area contributed by atoms with Crippen LogP contribution in [0.25, 0.3) is 0 Å². The van der Waals surface area contributed by atoms with Crippen molar-refractivity contribution >= 4 is 43.2 Å². The maximum Gasteiger partial charge on any atom is 0.268 e. The van der Waals surface area contributed by atoms with Crippen LogP contribution in [0, 0.1) is 5.41 Å². The number of hydrogen-bond acceptors (Lipinski definition) is 14. The van der Waals surface area contributed by atoms with Crippen LogP contribution >= 0.6 is 19.6 Å². The Hall–Kier alpha value is -1.72. The summed E-state index contributed by atoms with van der Waals surface area (Å²) in [6, 6.07) is 0. The summed E-state index contributed by atoms with van der Waals surface area (Å²) in [7, 11) is -4.65. The van der Waals surface area contributed by atoms with E-state index in [1.165, 1.54) is 0 Å². The van der Waals surface area contributed by atoms with Gasteiger partial charge in [-0.25, -0.2) is 0 Å². The molecule has 4 amide bonds. The van der Waals surface area contributed by atoms with Crippen LogP contribution in [0.2, 0.25) is 0 Å². The lowest BCUT2D eigenvalue weighted by Gasteiger charge is -2.23. The van der Waals surface area contributed by atoms with Crippen molar-refractivity contribution in [1.82, 2.24) is 9.80 Å². The molecule has 2 rings (SSSR count). The molecule has 15 nitrogen and oxygen atoms in total. The lowest BCUT2D eigenvalue weighted by atomic mass is 9.93. The van der Waals surface area contributed by atoms with Gasteiger partial charge in [-0.05, 0) is 11.8 Å². The van der Waals surface area contributed by atoms with Crippen molar-refractivity contribution in [3.63, 3.8) is 0 Å². The Balaban J connectivity index is 1.39. The predicted octanol–water partition coefficient (Wildman–Crippen LogP) is 0.750.